The molecule has 0 amide bonds. The van der Waals surface area contributed by atoms with Crippen molar-refractivity contribution in [3.05, 3.63) is 24.4 Å². The van der Waals surface area contributed by atoms with E-state index in [4.69, 9.17) is 5.73 Å². The highest BCUT2D eigenvalue weighted by atomic mass is 15.2. The van der Waals surface area contributed by atoms with E-state index >= 15 is 0 Å². The van der Waals surface area contributed by atoms with Crippen LogP contribution in [0.25, 0.3) is 10.8 Å². The van der Waals surface area contributed by atoms with E-state index in [0.29, 0.717) is 5.82 Å². The summed E-state index contributed by atoms with van der Waals surface area (Å²) in [5, 5.41) is 13.1. The normalized spacial score (nSPS) is 16.4. The maximum Gasteiger partial charge on any atom is 0.154 e. The molecular weight excluding hydrogens is 214 g/mol. The minimum atomic E-state index is 0.500. The molecule has 1 aliphatic rings. The van der Waals surface area contributed by atoms with Gasteiger partial charge in [0.1, 0.15) is 0 Å². The fraction of sp³-hybridized carbons (Fsp3) is 0.333. The van der Waals surface area contributed by atoms with Gasteiger partial charge in [0.2, 0.25) is 0 Å². The van der Waals surface area contributed by atoms with Crippen LogP contribution in [0.5, 0.6) is 0 Å². The van der Waals surface area contributed by atoms with Crippen molar-refractivity contribution in [1.29, 1.82) is 0 Å². The molecule has 17 heavy (non-hydrogen) atoms. The van der Waals surface area contributed by atoms with Crippen molar-refractivity contribution >= 4 is 22.3 Å². The Hall–Kier alpha value is -1.88. The summed E-state index contributed by atoms with van der Waals surface area (Å²) in [4.78, 5) is 2.36. The largest absolute Gasteiger partial charge is 0.382 e. The molecule has 0 aliphatic carbocycles. The minimum absolute atomic E-state index is 0.500. The summed E-state index contributed by atoms with van der Waals surface area (Å²) >= 11 is 0. The minimum Gasteiger partial charge on any atom is -0.382 e. The number of nitrogen functional groups attached to an aromatic ring is 1. The molecule has 1 aromatic carbocycles. The van der Waals surface area contributed by atoms with E-state index in [1.54, 1.807) is 6.20 Å². The van der Waals surface area contributed by atoms with E-state index in [0.717, 1.165) is 37.0 Å². The number of hydrogen-bond donors (Lipinski definition) is 2. The Bertz CT molecular complexity index is 533. The van der Waals surface area contributed by atoms with Crippen LogP contribution in [0.1, 0.15) is 0 Å². The number of benzene rings is 1. The van der Waals surface area contributed by atoms with Gasteiger partial charge in [-0.1, -0.05) is 6.07 Å². The van der Waals surface area contributed by atoms with Gasteiger partial charge in [-0.15, -0.1) is 5.10 Å². The van der Waals surface area contributed by atoms with E-state index in [-0.39, 0.29) is 0 Å². The molecule has 3 N–H and O–H groups in total. The Kier molecular flexibility index (Phi) is 2.53. The lowest BCUT2D eigenvalue weighted by Gasteiger charge is -2.29. The number of nitrogens with two attached hydrogens (primary N) is 1. The Morgan fingerprint density at radius 1 is 1.24 bits per heavy atom. The van der Waals surface area contributed by atoms with Gasteiger partial charge < -0.3 is 16.0 Å². The SMILES string of the molecule is Nc1nncc2ccc(N3CCNCC3)cc12. The third kappa shape index (κ3) is 1.89. The van der Waals surface area contributed by atoms with Crippen molar-refractivity contribution in [2.24, 2.45) is 0 Å². The Labute approximate surface area is 99.6 Å². The monoisotopic (exact) mass is 229 g/mol. The van der Waals surface area contributed by atoms with Crippen LogP contribution in [0, 0.1) is 0 Å². The number of rotatable bonds is 1. The number of nitrogens with zero attached hydrogens (tertiary/aromatic N) is 3. The molecule has 1 aromatic heterocycles. The van der Waals surface area contributed by atoms with Gasteiger partial charge in [-0.3, -0.25) is 0 Å². The van der Waals surface area contributed by atoms with E-state index in [9.17, 15) is 0 Å². The molecule has 0 spiro atoms. The van der Waals surface area contributed by atoms with Crippen LogP contribution < -0.4 is 16.0 Å². The maximum absolute atomic E-state index is 5.85. The lowest BCUT2D eigenvalue weighted by Crippen LogP contribution is -2.43. The first-order chi connectivity index (χ1) is 8.34. The molecule has 0 atom stereocenters. The van der Waals surface area contributed by atoms with Gasteiger partial charge in [-0.25, -0.2) is 0 Å². The average Bonchev–Trinajstić information content (AvgIpc) is 2.40. The van der Waals surface area contributed by atoms with Crippen LogP contribution in [0.2, 0.25) is 0 Å². The topological polar surface area (TPSA) is 67.1 Å². The molecule has 88 valence electrons. The zero-order chi connectivity index (χ0) is 11.7. The molecule has 0 radical (unpaired) electrons. The van der Waals surface area contributed by atoms with Crippen molar-refractivity contribution in [3.8, 4) is 0 Å². The number of fused-ring (bicyclic) bond motifs is 1. The van der Waals surface area contributed by atoms with Crippen molar-refractivity contribution in [2.45, 2.75) is 0 Å². The van der Waals surface area contributed by atoms with E-state index in [2.05, 4.69) is 38.6 Å². The average molecular weight is 229 g/mol. The number of nitrogens with one attached hydrogen (secondary N) is 1. The molecule has 1 aliphatic heterocycles. The van der Waals surface area contributed by atoms with Gasteiger partial charge in [-0.05, 0) is 12.1 Å². The summed E-state index contributed by atoms with van der Waals surface area (Å²) in [6.45, 7) is 4.12. The summed E-state index contributed by atoms with van der Waals surface area (Å²) in [7, 11) is 0. The van der Waals surface area contributed by atoms with E-state index < -0.39 is 0 Å². The Morgan fingerprint density at radius 3 is 2.88 bits per heavy atom. The fourth-order valence-electron chi connectivity index (χ4n) is 2.21. The molecule has 1 saturated heterocycles. The predicted molar refractivity (Wildman–Crippen MR) is 69.0 cm³/mol. The van der Waals surface area contributed by atoms with Gasteiger partial charge >= 0.3 is 0 Å². The standard InChI is InChI=1S/C12H15N5/c13-12-11-7-10(17-5-3-14-4-6-17)2-1-9(11)8-15-16-12/h1-2,7-8,14H,3-6H2,(H2,13,16). The highest BCUT2D eigenvalue weighted by Gasteiger charge is 2.11. The highest BCUT2D eigenvalue weighted by molar-refractivity contribution is 5.92. The third-order valence-corrected chi connectivity index (χ3v) is 3.16. The second kappa shape index (κ2) is 4.18. The van der Waals surface area contributed by atoms with Crippen LogP contribution in [0.15, 0.2) is 24.4 Å². The molecule has 5 heteroatoms. The first kappa shape index (κ1) is 10.3. The smallest absolute Gasteiger partial charge is 0.154 e. The molecular formula is C12H15N5. The maximum atomic E-state index is 5.85. The molecule has 2 heterocycles. The van der Waals surface area contributed by atoms with Gasteiger partial charge in [0.15, 0.2) is 5.82 Å². The van der Waals surface area contributed by atoms with Crippen molar-refractivity contribution in [3.63, 3.8) is 0 Å². The zero-order valence-corrected chi connectivity index (χ0v) is 9.56. The number of aromatic nitrogens is 2. The number of hydrogen-bond acceptors (Lipinski definition) is 5. The van der Waals surface area contributed by atoms with E-state index in [1.807, 2.05) is 0 Å². The van der Waals surface area contributed by atoms with Crippen molar-refractivity contribution in [1.82, 2.24) is 15.5 Å². The van der Waals surface area contributed by atoms with Crippen LogP contribution in [0.4, 0.5) is 11.5 Å². The number of anilines is 2. The summed E-state index contributed by atoms with van der Waals surface area (Å²) in [6, 6.07) is 6.27. The molecule has 1 fully saturated rings. The van der Waals surface area contributed by atoms with Gasteiger partial charge in [0.25, 0.3) is 0 Å². The predicted octanol–water partition coefficient (Wildman–Crippen LogP) is 0.622. The molecule has 5 nitrogen and oxygen atoms in total. The van der Waals surface area contributed by atoms with Crippen LogP contribution in [-0.2, 0) is 0 Å². The summed E-state index contributed by atoms with van der Waals surface area (Å²) < 4.78 is 0. The van der Waals surface area contributed by atoms with Crippen molar-refractivity contribution < 1.29 is 0 Å². The fourth-order valence-corrected chi connectivity index (χ4v) is 2.21. The molecule has 0 unspecified atom stereocenters. The van der Waals surface area contributed by atoms with Crippen molar-refractivity contribution in [2.75, 3.05) is 36.8 Å². The van der Waals surface area contributed by atoms with Crippen LogP contribution >= 0.6 is 0 Å². The molecule has 0 saturated carbocycles. The van der Waals surface area contributed by atoms with E-state index in [1.165, 1.54) is 5.69 Å². The molecule has 3 rings (SSSR count). The Balaban J connectivity index is 2.03. The quantitative estimate of drug-likeness (QED) is 0.750. The first-order valence-electron chi connectivity index (χ1n) is 5.81. The van der Waals surface area contributed by atoms with Gasteiger partial charge in [0, 0.05) is 42.6 Å². The summed E-state index contributed by atoms with van der Waals surface area (Å²) in [5.74, 6) is 0.500. The lowest BCUT2D eigenvalue weighted by atomic mass is 10.1. The summed E-state index contributed by atoms with van der Waals surface area (Å²) in [5.41, 5.74) is 7.06. The van der Waals surface area contributed by atoms with Crippen LogP contribution in [-0.4, -0.2) is 36.4 Å². The molecule has 0 bridgehead atoms. The van der Waals surface area contributed by atoms with Crippen LogP contribution in [0.3, 0.4) is 0 Å². The third-order valence-electron chi connectivity index (χ3n) is 3.16. The van der Waals surface area contributed by atoms with Gasteiger partial charge in [0.05, 0.1) is 6.20 Å². The second-order valence-electron chi connectivity index (χ2n) is 4.24. The number of piperazine rings is 1. The first-order valence-corrected chi connectivity index (χ1v) is 5.81. The second-order valence-corrected chi connectivity index (χ2v) is 4.24. The zero-order valence-electron chi connectivity index (χ0n) is 9.56. The lowest BCUT2D eigenvalue weighted by molar-refractivity contribution is 0.589. The highest BCUT2D eigenvalue weighted by Crippen LogP contribution is 2.24. The van der Waals surface area contributed by atoms with Gasteiger partial charge in [-0.2, -0.15) is 5.10 Å². The Morgan fingerprint density at radius 2 is 2.06 bits per heavy atom. The summed E-state index contributed by atoms with van der Waals surface area (Å²) in [6.07, 6.45) is 1.74. The molecule has 2 aromatic rings.